The van der Waals surface area contributed by atoms with Gasteiger partial charge in [-0.3, -0.25) is 9.78 Å². The van der Waals surface area contributed by atoms with Crippen molar-refractivity contribution in [1.82, 2.24) is 20.0 Å². The number of H-pyrrole nitrogens is 1. The summed E-state index contributed by atoms with van der Waals surface area (Å²) in [5.41, 5.74) is 8.75. The van der Waals surface area contributed by atoms with Crippen LogP contribution in [0.1, 0.15) is 22.7 Å². The Morgan fingerprint density at radius 1 is 1.58 bits per heavy atom. The highest BCUT2D eigenvalue weighted by atomic mass is 16.5. The third-order valence-electron chi connectivity index (χ3n) is 3.19. The Balaban J connectivity index is 2.24. The van der Waals surface area contributed by atoms with Gasteiger partial charge in [-0.05, 0) is 6.92 Å². The number of rotatable bonds is 1. The number of fused-ring (bicyclic) bond motifs is 1. The maximum absolute atomic E-state index is 9.33. The van der Waals surface area contributed by atoms with Gasteiger partial charge in [0.2, 0.25) is 11.8 Å². The van der Waals surface area contributed by atoms with Crippen LogP contribution in [0.3, 0.4) is 0 Å². The van der Waals surface area contributed by atoms with E-state index in [2.05, 4.69) is 21.4 Å². The van der Waals surface area contributed by atoms with Crippen LogP contribution in [0.4, 0.5) is 0 Å². The molecule has 3 heterocycles. The Morgan fingerprint density at radius 2 is 2.37 bits per heavy atom. The van der Waals surface area contributed by atoms with E-state index in [0.29, 0.717) is 11.5 Å². The number of aromatic nitrogens is 4. The molecule has 1 atom stereocenters. The quantitative estimate of drug-likeness (QED) is 0.780. The minimum absolute atomic E-state index is 0.0929. The molecule has 1 aliphatic rings. The molecule has 0 spiro atoms. The molecule has 3 N–H and O–H groups in total. The van der Waals surface area contributed by atoms with Gasteiger partial charge in [0, 0.05) is 30.1 Å². The van der Waals surface area contributed by atoms with Gasteiger partial charge >= 0.3 is 0 Å². The lowest BCUT2D eigenvalue weighted by Crippen LogP contribution is -2.20. The molecule has 2 aromatic heterocycles. The largest absolute Gasteiger partial charge is 0.420 e. The van der Waals surface area contributed by atoms with E-state index in [1.807, 2.05) is 20.2 Å². The van der Waals surface area contributed by atoms with Gasteiger partial charge in [0.15, 0.2) is 0 Å². The van der Waals surface area contributed by atoms with Gasteiger partial charge in [0.25, 0.3) is 0 Å². The summed E-state index contributed by atoms with van der Waals surface area (Å²) in [6, 6.07) is 2.12. The summed E-state index contributed by atoms with van der Waals surface area (Å²) in [6.07, 6.45) is 3.58. The second kappa shape index (κ2) is 3.88. The van der Waals surface area contributed by atoms with Crippen LogP contribution in [0.5, 0.6) is 5.88 Å². The number of aryl methyl sites for hydroxylation is 2. The van der Waals surface area contributed by atoms with Crippen molar-refractivity contribution in [1.29, 1.82) is 5.26 Å². The highest BCUT2D eigenvalue weighted by molar-refractivity contribution is 5.54. The van der Waals surface area contributed by atoms with Crippen LogP contribution in [-0.2, 0) is 7.05 Å². The molecule has 0 bridgehead atoms. The minimum atomic E-state index is -0.291. The van der Waals surface area contributed by atoms with Crippen molar-refractivity contribution in [2.24, 2.45) is 12.8 Å². The zero-order valence-electron chi connectivity index (χ0n) is 10.5. The number of nitrogens with two attached hydrogens (primary N) is 1. The first-order chi connectivity index (χ1) is 9.11. The monoisotopic (exact) mass is 256 g/mol. The van der Waals surface area contributed by atoms with E-state index < -0.39 is 0 Å². The van der Waals surface area contributed by atoms with Crippen LogP contribution in [-0.4, -0.2) is 20.0 Å². The molecular weight excluding hydrogens is 244 g/mol. The van der Waals surface area contributed by atoms with Gasteiger partial charge in [-0.25, -0.2) is 0 Å². The molecule has 0 aromatic carbocycles. The first kappa shape index (κ1) is 11.3. The topological polar surface area (TPSA) is 106 Å². The van der Waals surface area contributed by atoms with Crippen LogP contribution < -0.4 is 10.5 Å². The number of nitrogens with zero attached hydrogens (tertiary/aromatic N) is 4. The first-order valence-electron chi connectivity index (χ1n) is 5.72. The van der Waals surface area contributed by atoms with Crippen LogP contribution in [0.2, 0.25) is 0 Å². The van der Waals surface area contributed by atoms with E-state index in [0.717, 1.165) is 16.8 Å². The highest BCUT2D eigenvalue weighted by Gasteiger charge is 2.34. The summed E-state index contributed by atoms with van der Waals surface area (Å²) in [6.45, 7) is 1.88. The zero-order valence-corrected chi connectivity index (χ0v) is 10.5. The van der Waals surface area contributed by atoms with E-state index in [1.54, 1.807) is 10.9 Å². The van der Waals surface area contributed by atoms with Crippen LogP contribution in [0.25, 0.3) is 0 Å². The number of hydrogen-bond donors (Lipinski definition) is 2. The Kier molecular flexibility index (Phi) is 2.32. The Labute approximate surface area is 109 Å². The maximum atomic E-state index is 9.33. The molecule has 1 aliphatic heterocycles. The van der Waals surface area contributed by atoms with Gasteiger partial charge < -0.3 is 10.5 Å². The van der Waals surface area contributed by atoms with Gasteiger partial charge in [-0.1, -0.05) is 0 Å². The molecule has 19 heavy (non-hydrogen) atoms. The van der Waals surface area contributed by atoms with Gasteiger partial charge in [-0.15, -0.1) is 5.10 Å². The molecule has 0 amide bonds. The molecule has 3 rings (SSSR count). The summed E-state index contributed by atoms with van der Waals surface area (Å²) < 4.78 is 7.07. The third-order valence-corrected chi connectivity index (χ3v) is 3.19. The van der Waals surface area contributed by atoms with Crippen molar-refractivity contribution in [2.45, 2.75) is 12.8 Å². The molecule has 0 saturated carbocycles. The lowest BCUT2D eigenvalue weighted by Gasteiger charge is -2.22. The fourth-order valence-electron chi connectivity index (χ4n) is 2.32. The van der Waals surface area contributed by atoms with Crippen molar-refractivity contribution in [3.05, 3.63) is 40.7 Å². The zero-order chi connectivity index (χ0) is 13.6. The molecule has 96 valence electrons. The predicted octanol–water partition coefficient (Wildman–Crippen LogP) is 0.670. The number of hydrogen-bond acceptors (Lipinski definition) is 5. The molecule has 7 heteroatoms. The van der Waals surface area contributed by atoms with Crippen molar-refractivity contribution < 1.29 is 4.74 Å². The summed E-state index contributed by atoms with van der Waals surface area (Å²) in [4.78, 5) is 0. The van der Waals surface area contributed by atoms with Crippen molar-refractivity contribution in [3.8, 4) is 11.9 Å². The second-order valence-electron chi connectivity index (χ2n) is 4.44. The van der Waals surface area contributed by atoms with Gasteiger partial charge in [0.05, 0.1) is 12.1 Å². The smallest absolute Gasteiger partial charge is 0.244 e. The summed E-state index contributed by atoms with van der Waals surface area (Å²) in [5.74, 6) is 0.222. The number of allylic oxidation sites excluding steroid dienone is 1. The Morgan fingerprint density at radius 3 is 3.00 bits per heavy atom. The average Bonchev–Trinajstić information content (AvgIpc) is 2.95. The molecule has 0 saturated heterocycles. The summed E-state index contributed by atoms with van der Waals surface area (Å²) in [7, 11) is 1.82. The van der Waals surface area contributed by atoms with Crippen LogP contribution in [0.15, 0.2) is 23.8 Å². The van der Waals surface area contributed by atoms with Crippen molar-refractivity contribution >= 4 is 0 Å². The second-order valence-corrected chi connectivity index (χ2v) is 4.44. The fourth-order valence-corrected chi connectivity index (χ4v) is 2.32. The SMILES string of the molecule is Cc1[nH]nc2c1[C@@H](c1cnn(C)c1)C(C#N)=C(N)O2. The number of aromatic amines is 1. The molecule has 0 unspecified atom stereocenters. The normalized spacial score (nSPS) is 17.8. The van der Waals surface area contributed by atoms with E-state index in [-0.39, 0.29) is 11.8 Å². The van der Waals surface area contributed by atoms with Crippen molar-refractivity contribution in [2.75, 3.05) is 0 Å². The molecule has 7 nitrogen and oxygen atoms in total. The fraction of sp³-hybridized carbons (Fsp3) is 0.250. The standard InChI is InChI=1S/C12H12N6O/c1-6-9-10(7-4-15-18(2)5-7)8(3-13)11(14)19-12(9)17-16-6/h4-5,10H,14H2,1-2H3,(H,16,17)/t10-/m0/s1. The van der Waals surface area contributed by atoms with Gasteiger partial charge in [0.1, 0.15) is 11.6 Å². The number of nitrogens with one attached hydrogen (secondary N) is 1. The highest BCUT2D eigenvalue weighted by Crippen LogP contribution is 2.42. The maximum Gasteiger partial charge on any atom is 0.244 e. The lowest BCUT2D eigenvalue weighted by atomic mass is 9.86. The van der Waals surface area contributed by atoms with Crippen LogP contribution in [0, 0.1) is 18.3 Å². The number of nitriles is 1. The third kappa shape index (κ3) is 1.57. The van der Waals surface area contributed by atoms with E-state index in [1.165, 1.54) is 0 Å². The molecular formula is C12H12N6O. The van der Waals surface area contributed by atoms with E-state index in [9.17, 15) is 5.26 Å². The molecule has 0 aliphatic carbocycles. The molecule has 0 radical (unpaired) electrons. The predicted molar refractivity (Wildman–Crippen MR) is 65.8 cm³/mol. The van der Waals surface area contributed by atoms with E-state index >= 15 is 0 Å². The van der Waals surface area contributed by atoms with Crippen LogP contribution >= 0.6 is 0 Å². The summed E-state index contributed by atoms with van der Waals surface area (Å²) >= 11 is 0. The Hall–Kier alpha value is -2.75. The first-order valence-corrected chi connectivity index (χ1v) is 5.72. The average molecular weight is 256 g/mol. The summed E-state index contributed by atoms with van der Waals surface area (Å²) in [5, 5.41) is 20.4. The lowest BCUT2D eigenvalue weighted by molar-refractivity contribution is 0.379. The van der Waals surface area contributed by atoms with Crippen molar-refractivity contribution in [3.63, 3.8) is 0 Å². The number of ether oxygens (including phenoxy) is 1. The van der Waals surface area contributed by atoms with Gasteiger partial charge in [-0.2, -0.15) is 10.4 Å². The van der Waals surface area contributed by atoms with E-state index in [4.69, 9.17) is 10.5 Å². The molecule has 2 aromatic rings. The minimum Gasteiger partial charge on any atom is -0.420 e. The molecule has 0 fully saturated rings. The Bertz CT molecular complexity index is 717.